The number of methoxy groups -OCH3 is 1. The van der Waals surface area contributed by atoms with Crippen molar-refractivity contribution in [3.63, 3.8) is 0 Å². The highest BCUT2D eigenvalue weighted by Crippen LogP contribution is 2.18. The van der Waals surface area contributed by atoms with E-state index in [0.29, 0.717) is 30.3 Å². The molecule has 0 aliphatic rings. The van der Waals surface area contributed by atoms with Gasteiger partial charge in [0.1, 0.15) is 23.7 Å². The normalized spacial score (nSPS) is 11.9. The maximum Gasteiger partial charge on any atom is 0.408 e. The molecule has 2 rings (SSSR count). The van der Waals surface area contributed by atoms with Gasteiger partial charge in [-0.1, -0.05) is 12.1 Å². The second kappa shape index (κ2) is 12.6. The van der Waals surface area contributed by atoms with Gasteiger partial charge >= 0.3 is 12.1 Å². The number of ketones is 1. The van der Waals surface area contributed by atoms with Gasteiger partial charge in [-0.25, -0.2) is 9.59 Å². The van der Waals surface area contributed by atoms with Gasteiger partial charge in [0.15, 0.2) is 12.4 Å². The summed E-state index contributed by atoms with van der Waals surface area (Å²) in [7, 11) is 1.60. The molecule has 184 valence electrons. The van der Waals surface area contributed by atoms with E-state index in [-0.39, 0.29) is 12.2 Å². The summed E-state index contributed by atoms with van der Waals surface area (Å²) >= 11 is 0. The molecule has 1 unspecified atom stereocenters. The first kappa shape index (κ1) is 26.7. The zero-order chi connectivity index (χ0) is 25.1. The molecule has 1 amide bonds. The fourth-order valence-corrected chi connectivity index (χ4v) is 2.92. The Morgan fingerprint density at radius 1 is 0.912 bits per heavy atom. The molecule has 0 aromatic heterocycles. The number of nitrogens with one attached hydrogen (secondary N) is 1. The molecule has 0 bridgehead atoms. The van der Waals surface area contributed by atoms with E-state index < -0.39 is 30.3 Å². The van der Waals surface area contributed by atoms with E-state index >= 15 is 0 Å². The molecule has 0 saturated heterocycles. The lowest BCUT2D eigenvalue weighted by Gasteiger charge is -2.23. The maximum atomic E-state index is 13.2. The second-order valence-electron chi connectivity index (χ2n) is 8.46. The van der Waals surface area contributed by atoms with Crippen molar-refractivity contribution in [2.45, 2.75) is 38.8 Å². The minimum absolute atomic E-state index is 0.230. The number of carboxylic acid groups (broad SMARTS) is 1. The number of hydrogen-bond acceptors (Lipinski definition) is 7. The van der Waals surface area contributed by atoms with Crippen LogP contribution in [-0.4, -0.2) is 61.5 Å². The molecule has 0 aliphatic carbocycles. The van der Waals surface area contributed by atoms with Crippen molar-refractivity contribution < 1.29 is 38.4 Å². The van der Waals surface area contributed by atoms with Gasteiger partial charge in [0.2, 0.25) is 0 Å². The molecule has 2 N–H and O–H groups in total. The number of benzene rings is 2. The number of amides is 1. The van der Waals surface area contributed by atoms with Gasteiger partial charge in [0.25, 0.3) is 0 Å². The third-order valence-corrected chi connectivity index (χ3v) is 4.43. The van der Waals surface area contributed by atoms with Crippen molar-refractivity contribution in [3.05, 3.63) is 59.7 Å². The van der Waals surface area contributed by atoms with Crippen molar-refractivity contribution >= 4 is 17.8 Å². The van der Waals surface area contributed by atoms with Crippen molar-refractivity contribution in [2.75, 3.05) is 26.9 Å². The summed E-state index contributed by atoms with van der Waals surface area (Å²) in [5, 5.41) is 11.4. The van der Waals surface area contributed by atoms with Crippen LogP contribution in [0.3, 0.4) is 0 Å². The lowest BCUT2D eigenvalue weighted by Crippen LogP contribution is -2.44. The molecule has 0 spiro atoms. The third kappa shape index (κ3) is 9.50. The molecule has 1 atom stereocenters. The number of carboxylic acids is 1. The molecule has 0 radical (unpaired) electrons. The Kier molecular flexibility index (Phi) is 9.88. The summed E-state index contributed by atoms with van der Waals surface area (Å²) < 4.78 is 21.0. The van der Waals surface area contributed by atoms with Gasteiger partial charge in [-0.05, 0) is 62.7 Å². The molecule has 0 fully saturated rings. The molecule has 0 heterocycles. The van der Waals surface area contributed by atoms with Crippen molar-refractivity contribution in [1.29, 1.82) is 0 Å². The van der Waals surface area contributed by atoms with Crippen LogP contribution in [0.5, 0.6) is 11.5 Å². The van der Waals surface area contributed by atoms with Crippen molar-refractivity contribution in [3.8, 4) is 11.5 Å². The van der Waals surface area contributed by atoms with Crippen molar-refractivity contribution in [1.82, 2.24) is 5.32 Å². The molecule has 9 heteroatoms. The zero-order valence-corrected chi connectivity index (χ0v) is 19.8. The Morgan fingerprint density at radius 3 is 2.06 bits per heavy atom. The first-order chi connectivity index (χ1) is 16.1. The summed E-state index contributed by atoms with van der Waals surface area (Å²) in [4.78, 5) is 36.3. The molecule has 2 aromatic carbocycles. The Morgan fingerprint density at radius 2 is 1.50 bits per heavy atom. The summed E-state index contributed by atoms with van der Waals surface area (Å²) in [6.07, 6.45) is -0.472. The molecule has 0 aliphatic heterocycles. The van der Waals surface area contributed by atoms with Crippen LogP contribution in [-0.2, 0) is 20.7 Å². The van der Waals surface area contributed by atoms with Gasteiger partial charge in [0, 0.05) is 19.1 Å². The minimum Gasteiger partial charge on any atom is -0.491 e. The number of carbonyl (C=O) groups excluding carboxylic acids is 2. The van der Waals surface area contributed by atoms with Crippen LogP contribution in [0.15, 0.2) is 48.5 Å². The first-order valence-corrected chi connectivity index (χ1v) is 10.8. The van der Waals surface area contributed by atoms with Crippen LogP contribution in [0.4, 0.5) is 4.79 Å². The predicted molar refractivity (Wildman–Crippen MR) is 125 cm³/mol. The van der Waals surface area contributed by atoms with Crippen LogP contribution in [0.1, 0.15) is 36.7 Å². The number of hydrogen-bond donors (Lipinski definition) is 2. The van der Waals surface area contributed by atoms with E-state index in [1.54, 1.807) is 40.0 Å². The van der Waals surface area contributed by atoms with Crippen LogP contribution >= 0.6 is 0 Å². The molecule has 9 nitrogen and oxygen atoms in total. The molecular weight excluding hydrogens is 442 g/mol. The molecule has 0 saturated carbocycles. The fraction of sp³-hybridized carbons (Fsp3) is 0.400. The average Bonchev–Trinajstić information content (AvgIpc) is 2.77. The average molecular weight is 474 g/mol. The van der Waals surface area contributed by atoms with Crippen LogP contribution in [0, 0.1) is 0 Å². The summed E-state index contributed by atoms with van der Waals surface area (Å²) in [6.45, 7) is 5.62. The Balaban J connectivity index is 2.15. The number of rotatable bonds is 12. The number of Topliss-reactive ketones (excluding diaryl/α,β-unsaturated/α-hetero) is 1. The lowest BCUT2D eigenvalue weighted by molar-refractivity contribution is -0.139. The van der Waals surface area contributed by atoms with Crippen molar-refractivity contribution in [2.24, 2.45) is 0 Å². The zero-order valence-electron chi connectivity index (χ0n) is 19.8. The number of alkyl carbamates (subject to hydrolysis) is 1. The topological polar surface area (TPSA) is 120 Å². The lowest BCUT2D eigenvalue weighted by atomic mass is 9.97. The van der Waals surface area contributed by atoms with Crippen LogP contribution in [0.25, 0.3) is 0 Å². The number of carbonyl (C=O) groups is 3. The van der Waals surface area contributed by atoms with E-state index in [9.17, 15) is 14.4 Å². The standard InChI is InChI=1S/C25H31NO8/c1-25(2,3)34-24(30)26-21(15-17-5-9-19(10-6-17)32-14-13-31-4)23(29)18-7-11-20(12-8-18)33-16-22(27)28/h5-12,21H,13-16H2,1-4H3,(H,26,30)(H,27,28). The van der Waals surface area contributed by atoms with E-state index in [2.05, 4.69) is 5.32 Å². The minimum atomic E-state index is -1.10. The summed E-state index contributed by atoms with van der Waals surface area (Å²) in [5.41, 5.74) is 0.431. The second-order valence-corrected chi connectivity index (χ2v) is 8.46. The monoisotopic (exact) mass is 473 g/mol. The molecular formula is C25H31NO8. The fourth-order valence-electron chi connectivity index (χ4n) is 2.92. The van der Waals surface area contributed by atoms with E-state index in [0.717, 1.165) is 5.56 Å². The predicted octanol–water partition coefficient (Wildman–Crippen LogP) is 3.49. The Hall–Kier alpha value is -3.59. The molecule has 2 aromatic rings. The van der Waals surface area contributed by atoms with Crippen LogP contribution in [0.2, 0.25) is 0 Å². The molecule has 34 heavy (non-hydrogen) atoms. The Labute approximate surface area is 199 Å². The van der Waals surface area contributed by atoms with E-state index in [4.69, 9.17) is 24.1 Å². The summed E-state index contributed by atoms with van der Waals surface area (Å²) in [6, 6.07) is 12.4. The van der Waals surface area contributed by atoms with Gasteiger partial charge in [-0.2, -0.15) is 0 Å². The van der Waals surface area contributed by atoms with E-state index in [1.807, 2.05) is 12.1 Å². The van der Waals surface area contributed by atoms with E-state index in [1.165, 1.54) is 24.3 Å². The number of ether oxygens (including phenoxy) is 4. The summed E-state index contributed by atoms with van der Waals surface area (Å²) in [5.74, 6) is -0.437. The Bertz CT molecular complexity index is 948. The maximum absolute atomic E-state index is 13.2. The smallest absolute Gasteiger partial charge is 0.408 e. The van der Waals surface area contributed by atoms with Gasteiger partial charge < -0.3 is 29.4 Å². The quantitative estimate of drug-likeness (QED) is 0.355. The first-order valence-electron chi connectivity index (χ1n) is 10.8. The SMILES string of the molecule is COCCOc1ccc(CC(NC(=O)OC(C)(C)C)C(=O)c2ccc(OCC(=O)O)cc2)cc1. The number of aliphatic carboxylic acids is 1. The third-order valence-electron chi connectivity index (χ3n) is 4.43. The highest BCUT2D eigenvalue weighted by atomic mass is 16.6. The van der Waals surface area contributed by atoms with Crippen LogP contribution < -0.4 is 14.8 Å². The van der Waals surface area contributed by atoms with Gasteiger partial charge in [-0.3, -0.25) is 4.79 Å². The largest absolute Gasteiger partial charge is 0.491 e. The van der Waals surface area contributed by atoms with Gasteiger partial charge in [0.05, 0.1) is 12.6 Å². The van der Waals surface area contributed by atoms with Gasteiger partial charge in [-0.15, -0.1) is 0 Å². The highest BCUT2D eigenvalue weighted by molar-refractivity contribution is 6.01. The highest BCUT2D eigenvalue weighted by Gasteiger charge is 2.26.